The zero-order valence-electron chi connectivity index (χ0n) is 12.6. The van der Waals surface area contributed by atoms with E-state index in [0.717, 1.165) is 17.7 Å². The number of pyridine rings is 1. The van der Waals surface area contributed by atoms with E-state index in [4.69, 9.17) is 4.74 Å². The number of benzene rings is 1. The third-order valence-electron chi connectivity index (χ3n) is 3.09. The fourth-order valence-electron chi connectivity index (χ4n) is 1.90. The topological polar surface area (TPSA) is 63.2 Å². The van der Waals surface area contributed by atoms with Gasteiger partial charge in [0, 0.05) is 18.5 Å². The normalized spacial score (nSPS) is 11.6. The SMILES string of the molecule is C[C@H](NC(=O)NCCOc1ccc(F)cc1F)c1ccncc1. The zero-order valence-corrected chi connectivity index (χ0v) is 12.6. The standard InChI is InChI=1S/C16H17F2N3O2/c1-11(12-4-6-19-7-5-12)21-16(22)20-8-9-23-15-3-2-13(17)10-14(15)18/h2-7,10-11H,8-9H2,1H3,(H2,20,21,22)/t11-/m0/s1. The molecule has 5 nitrogen and oxygen atoms in total. The molecule has 1 heterocycles. The minimum atomic E-state index is -0.777. The summed E-state index contributed by atoms with van der Waals surface area (Å²) >= 11 is 0. The highest BCUT2D eigenvalue weighted by atomic mass is 19.1. The van der Waals surface area contributed by atoms with E-state index < -0.39 is 11.6 Å². The van der Waals surface area contributed by atoms with E-state index in [2.05, 4.69) is 15.6 Å². The van der Waals surface area contributed by atoms with Crippen molar-refractivity contribution in [1.29, 1.82) is 0 Å². The fourth-order valence-corrected chi connectivity index (χ4v) is 1.90. The van der Waals surface area contributed by atoms with Crippen molar-refractivity contribution in [2.24, 2.45) is 0 Å². The number of rotatable bonds is 6. The zero-order chi connectivity index (χ0) is 16.7. The van der Waals surface area contributed by atoms with Gasteiger partial charge in [-0.3, -0.25) is 4.98 Å². The molecule has 0 unspecified atom stereocenters. The molecule has 0 bridgehead atoms. The van der Waals surface area contributed by atoms with Gasteiger partial charge in [0.15, 0.2) is 11.6 Å². The van der Waals surface area contributed by atoms with Crippen molar-refractivity contribution in [3.63, 3.8) is 0 Å². The molecule has 0 fully saturated rings. The Labute approximate surface area is 132 Å². The van der Waals surface area contributed by atoms with Gasteiger partial charge in [-0.25, -0.2) is 13.6 Å². The van der Waals surface area contributed by atoms with Crippen LogP contribution < -0.4 is 15.4 Å². The second kappa shape index (κ2) is 8.07. The van der Waals surface area contributed by atoms with Crippen LogP contribution in [0.3, 0.4) is 0 Å². The van der Waals surface area contributed by atoms with E-state index in [1.54, 1.807) is 12.4 Å². The summed E-state index contributed by atoms with van der Waals surface area (Å²) < 4.78 is 31.2. The minimum absolute atomic E-state index is 0.0567. The summed E-state index contributed by atoms with van der Waals surface area (Å²) in [5, 5.41) is 5.35. The van der Waals surface area contributed by atoms with Crippen LogP contribution in [0, 0.1) is 11.6 Å². The number of amides is 2. The van der Waals surface area contributed by atoms with Crippen LogP contribution >= 0.6 is 0 Å². The number of carbonyl (C=O) groups excluding carboxylic acids is 1. The molecule has 0 radical (unpaired) electrons. The molecule has 7 heteroatoms. The highest BCUT2D eigenvalue weighted by Gasteiger charge is 2.09. The van der Waals surface area contributed by atoms with Gasteiger partial charge in [0.05, 0.1) is 12.6 Å². The van der Waals surface area contributed by atoms with E-state index >= 15 is 0 Å². The molecule has 0 saturated heterocycles. The van der Waals surface area contributed by atoms with Gasteiger partial charge in [-0.15, -0.1) is 0 Å². The van der Waals surface area contributed by atoms with Gasteiger partial charge in [-0.2, -0.15) is 0 Å². The van der Waals surface area contributed by atoms with Gasteiger partial charge < -0.3 is 15.4 Å². The van der Waals surface area contributed by atoms with Gasteiger partial charge in [-0.05, 0) is 36.8 Å². The van der Waals surface area contributed by atoms with Gasteiger partial charge in [0.2, 0.25) is 0 Å². The third-order valence-corrected chi connectivity index (χ3v) is 3.09. The molecule has 1 aromatic heterocycles. The molecule has 0 aliphatic rings. The number of carbonyl (C=O) groups is 1. The van der Waals surface area contributed by atoms with Crippen LogP contribution in [0.15, 0.2) is 42.7 Å². The van der Waals surface area contributed by atoms with Crippen LogP contribution in [0.4, 0.5) is 13.6 Å². The van der Waals surface area contributed by atoms with Crippen molar-refractivity contribution in [2.75, 3.05) is 13.2 Å². The first-order valence-corrected chi connectivity index (χ1v) is 7.08. The lowest BCUT2D eigenvalue weighted by molar-refractivity contribution is 0.233. The second-order valence-corrected chi connectivity index (χ2v) is 4.83. The number of hydrogen-bond donors (Lipinski definition) is 2. The van der Waals surface area contributed by atoms with Crippen molar-refractivity contribution in [1.82, 2.24) is 15.6 Å². The summed E-state index contributed by atoms with van der Waals surface area (Å²) in [6, 6.07) is 6.14. The first kappa shape index (κ1) is 16.7. The van der Waals surface area contributed by atoms with Crippen LogP contribution in [-0.2, 0) is 0 Å². The Hall–Kier alpha value is -2.70. The minimum Gasteiger partial charge on any atom is -0.489 e. The highest BCUT2D eigenvalue weighted by molar-refractivity contribution is 5.74. The number of nitrogens with zero attached hydrogens (tertiary/aromatic N) is 1. The summed E-state index contributed by atoms with van der Waals surface area (Å²) in [4.78, 5) is 15.6. The van der Waals surface area contributed by atoms with Crippen LogP contribution in [0.1, 0.15) is 18.5 Å². The second-order valence-electron chi connectivity index (χ2n) is 4.83. The lowest BCUT2D eigenvalue weighted by Gasteiger charge is -2.15. The van der Waals surface area contributed by atoms with Crippen LogP contribution in [-0.4, -0.2) is 24.2 Å². The number of aromatic nitrogens is 1. The van der Waals surface area contributed by atoms with E-state index in [-0.39, 0.29) is 31.0 Å². The van der Waals surface area contributed by atoms with Crippen molar-refractivity contribution in [2.45, 2.75) is 13.0 Å². The van der Waals surface area contributed by atoms with Crippen LogP contribution in [0.5, 0.6) is 5.75 Å². The number of nitrogens with one attached hydrogen (secondary N) is 2. The Balaban J connectivity index is 1.70. The summed E-state index contributed by atoms with van der Waals surface area (Å²) in [7, 11) is 0. The predicted molar refractivity (Wildman–Crippen MR) is 81.0 cm³/mol. The molecule has 1 atom stereocenters. The average Bonchev–Trinajstić information content (AvgIpc) is 2.54. The van der Waals surface area contributed by atoms with Crippen molar-refractivity contribution in [3.05, 3.63) is 59.9 Å². The van der Waals surface area contributed by atoms with Crippen LogP contribution in [0.25, 0.3) is 0 Å². The maximum atomic E-state index is 13.3. The number of ether oxygens (including phenoxy) is 1. The van der Waals surface area contributed by atoms with Crippen LogP contribution in [0.2, 0.25) is 0 Å². The first-order valence-electron chi connectivity index (χ1n) is 7.08. The van der Waals surface area contributed by atoms with Gasteiger partial charge in [0.1, 0.15) is 12.4 Å². The average molecular weight is 321 g/mol. The van der Waals surface area contributed by atoms with E-state index in [1.807, 2.05) is 19.1 Å². The quantitative estimate of drug-likeness (QED) is 0.804. The Morgan fingerprint density at radius 2 is 2.00 bits per heavy atom. The molecule has 122 valence electrons. The molecule has 0 aliphatic carbocycles. The maximum Gasteiger partial charge on any atom is 0.315 e. The van der Waals surface area contributed by atoms with E-state index in [1.165, 1.54) is 6.07 Å². The molecule has 2 amide bonds. The molecular weight excluding hydrogens is 304 g/mol. The van der Waals surface area contributed by atoms with Crippen molar-refractivity contribution >= 4 is 6.03 Å². The van der Waals surface area contributed by atoms with Gasteiger partial charge >= 0.3 is 6.03 Å². The molecule has 0 saturated carbocycles. The molecule has 0 spiro atoms. The summed E-state index contributed by atoms with van der Waals surface area (Å²) in [6.45, 7) is 2.10. The predicted octanol–water partition coefficient (Wildman–Crippen LogP) is 2.80. The first-order chi connectivity index (χ1) is 11.1. The summed E-state index contributed by atoms with van der Waals surface area (Å²) in [5.41, 5.74) is 0.930. The highest BCUT2D eigenvalue weighted by Crippen LogP contribution is 2.17. The molecule has 1 aromatic carbocycles. The molecule has 2 N–H and O–H groups in total. The molecule has 23 heavy (non-hydrogen) atoms. The number of urea groups is 1. The van der Waals surface area contributed by atoms with Gasteiger partial charge in [-0.1, -0.05) is 0 Å². The molecule has 0 aliphatic heterocycles. The monoisotopic (exact) mass is 321 g/mol. The third kappa shape index (κ3) is 5.21. The van der Waals surface area contributed by atoms with E-state index in [0.29, 0.717) is 0 Å². The number of halogens is 2. The van der Waals surface area contributed by atoms with Crippen molar-refractivity contribution in [3.8, 4) is 5.75 Å². The lowest BCUT2D eigenvalue weighted by atomic mass is 10.1. The molecular formula is C16H17F2N3O2. The largest absolute Gasteiger partial charge is 0.489 e. The summed E-state index contributed by atoms with van der Waals surface area (Å²) in [6.07, 6.45) is 3.30. The fraction of sp³-hybridized carbons (Fsp3) is 0.250. The summed E-state index contributed by atoms with van der Waals surface area (Å²) in [5.74, 6) is -1.50. The molecule has 2 aromatic rings. The smallest absolute Gasteiger partial charge is 0.315 e. The Kier molecular flexibility index (Phi) is 5.85. The Bertz CT molecular complexity index is 653. The Morgan fingerprint density at radius 3 is 2.70 bits per heavy atom. The maximum absolute atomic E-state index is 13.3. The lowest BCUT2D eigenvalue weighted by Crippen LogP contribution is -2.39. The van der Waals surface area contributed by atoms with Crippen molar-refractivity contribution < 1.29 is 18.3 Å². The molecule has 2 rings (SSSR count). The van der Waals surface area contributed by atoms with E-state index in [9.17, 15) is 13.6 Å². The van der Waals surface area contributed by atoms with Gasteiger partial charge in [0.25, 0.3) is 0 Å². The number of hydrogen-bond acceptors (Lipinski definition) is 3. The Morgan fingerprint density at radius 1 is 1.26 bits per heavy atom.